The molecule has 2 rings (SSSR count). The highest BCUT2D eigenvalue weighted by Crippen LogP contribution is 2.27. The summed E-state index contributed by atoms with van der Waals surface area (Å²) in [5.74, 6) is -2.34. The first-order valence-corrected chi connectivity index (χ1v) is 7.49. The number of aryl methyl sites for hydroxylation is 1. The Morgan fingerprint density at radius 3 is 2.17 bits per heavy atom. The predicted molar refractivity (Wildman–Crippen MR) is 89.1 cm³/mol. The average molecular weight is 337 g/mol. The maximum Gasteiger partial charge on any atom is 0.145 e. The zero-order valence-corrected chi connectivity index (χ0v) is 13.6. The van der Waals surface area contributed by atoms with Crippen molar-refractivity contribution in [2.75, 3.05) is 0 Å². The maximum atomic E-state index is 13.7. The van der Waals surface area contributed by atoms with Crippen LogP contribution in [0.25, 0.3) is 5.57 Å². The molecule has 0 aromatic heterocycles. The summed E-state index contributed by atoms with van der Waals surface area (Å²) in [6.07, 6.45) is 3.88. The summed E-state index contributed by atoms with van der Waals surface area (Å²) >= 11 is 5.45. The van der Waals surface area contributed by atoms with Gasteiger partial charge in [0.25, 0.3) is 0 Å². The molecule has 0 nitrogen and oxygen atoms in total. The van der Waals surface area contributed by atoms with E-state index in [2.05, 4.69) is 0 Å². The second-order valence-electron chi connectivity index (χ2n) is 5.29. The molecule has 0 spiro atoms. The Labute approximate surface area is 138 Å². The lowest BCUT2D eigenvalue weighted by molar-refractivity contribution is 0.583. The third-order valence-corrected chi connectivity index (χ3v) is 3.79. The first kappa shape index (κ1) is 17.4. The summed E-state index contributed by atoms with van der Waals surface area (Å²) in [7, 11) is 0. The first-order chi connectivity index (χ1) is 10.9. The van der Waals surface area contributed by atoms with Crippen LogP contribution in [0.4, 0.5) is 13.2 Å². The highest BCUT2D eigenvalue weighted by molar-refractivity contribution is 6.30. The summed E-state index contributed by atoms with van der Waals surface area (Å²) in [5, 5.41) is -0.590. The highest BCUT2D eigenvalue weighted by atomic mass is 35.5. The van der Waals surface area contributed by atoms with Crippen LogP contribution in [0, 0.1) is 18.6 Å². The Bertz CT molecular complexity index is 732. The molecule has 0 amide bonds. The fraction of sp³-hybridized carbons (Fsp3) is 0.158. The molecule has 0 saturated carbocycles. The van der Waals surface area contributed by atoms with Crippen molar-refractivity contribution in [3.63, 3.8) is 0 Å². The number of hydrogen-bond acceptors (Lipinski definition) is 0. The summed E-state index contributed by atoms with van der Waals surface area (Å²) in [6.45, 7) is 3.24. The first-order valence-electron chi connectivity index (χ1n) is 7.12. The number of hydrogen-bond donors (Lipinski definition) is 0. The number of allylic oxidation sites excluding steroid dienone is 4. The van der Waals surface area contributed by atoms with E-state index in [1.54, 1.807) is 6.08 Å². The zero-order valence-electron chi connectivity index (χ0n) is 12.8. The van der Waals surface area contributed by atoms with Crippen molar-refractivity contribution >= 4 is 17.2 Å². The smallest absolute Gasteiger partial charge is 0.145 e. The Morgan fingerprint density at radius 2 is 1.65 bits per heavy atom. The molecule has 2 aromatic carbocycles. The monoisotopic (exact) mass is 336 g/mol. The van der Waals surface area contributed by atoms with Gasteiger partial charge in [0, 0.05) is 5.57 Å². The van der Waals surface area contributed by atoms with Gasteiger partial charge in [-0.3, -0.25) is 0 Å². The third kappa shape index (κ3) is 4.49. The van der Waals surface area contributed by atoms with Crippen LogP contribution < -0.4 is 0 Å². The Hall–Kier alpha value is -2.00. The summed E-state index contributed by atoms with van der Waals surface area (Å²) in [6, 6.07) is 9.99. The van der Waals surface area contributed by atoms with Gasteiger partial charge in [-0.2, -0.15) is 0 Å². The van der Waals surface area contributed by atoms with Gasteiger partial charge in [0.05, 0.1) is 0 Å². The molecule has 0 aliphatic heterocycles. The van der Waals surface area contributed by atoms with Crippen molar-refractivity contribution in [1.29, 1.82) is 0 Å². The molecule has 0 unspecified atom stereocenters. The molecule has 0 aliphatic rings. The highest BCUT2D eigenvalue weighted by Gasteiger charge is 2.12. The van der Waals surface area contributed by atoms with Crippen molar-refractivity contribution in [2.45, 2.75) is 20.3 Å². The molecule has 0 bridgehead atoms. The summed E-state index contributed by atoms with van der Waals surface area (Å²) in [4.78, 5) is 0. The van der Waals surface area contributed by atoms with Crippen molar-refractivity contribution < 1.29 is 13.2 Å². The van der Waals surface area contributed by atoms with E-state index >= 15 is 0 Å². The topological polar surface area (TPSA) is 0 Å². The van der Waals surface area contributed by atoms with Gasteiger partial charge in [-0.25, -0.2) is 13.2 Å². The van der Waals surface area contributed by atoms with Crippen LogP contribution in [0.2, 0.25) is 5.02 Å². The standard InChI is InChI=1S/C19H16ClF3/c1-12-6-8-14(9-7-12)4-3-5-16(13(2)21)15-10-17(22)19(20)18(23)11-15/h3,5-11H,4H2,1-2H3/b5-3-,16-13-. The average Bonchev–Trinajstić information content (AvgIpc) is 2.50. The molecule has 0 heterocycles. The van der Waals surface area contributed by atoms with Crippen molar-refractivity contribution in [3.05, 3.63) is 87.7 Å². The lowest BCUT2D eigenvalue weighted by Gasteiger charge is -2.06. The lowest BCUT2D eigenvalue weighted by atomic mass is 10.0. The fourth-order valence-electron chi connectivity index (χ4n) is 2.16. The van der Waals surface area contributed by atoms with Gasteiger partial charge in [0.1, 0.15) is 22.5 Å². The molecule has 0 saturated heterocycles. The van der Waals surface area contributed by atoms with Crippen LogP contribution in [-0.2, 0) is 6.42 Å². The van der Waals surface area contributed by atoms with E-state index in [0.717, 1.165) is 23.3 Å². The molecule has 0 N–H and O–H groups in total. The van der Waals surface area contributed by atoms with E-state index in [9.17, 15) is 13.2 Å². The Balaban J connectivity index is 2.25. The Kier molecular flexibility index (Phi) is 5.67. The molecule has 23 heavy (non-hydrogen) atoms. The normalized spacial score (nSPS) is 12.6. The molecular formula is C19H16ClF3. The predicted octanol–water partition coefficient (Wildman–Crippen LogP) is 6.43. The molecule has 4 heteroatoms. The third-order valence-electron chi connectivity index (χ3n) is 3.42. The van der Waals surface area contributed by atoms with Gasteiger partial charge in [-0.05, 0) is 43.5 Å². The summed E-state index contributed by atoms with van der Waals surface area (Å²) in [5.41, 5.74) is 2.47. The summed E-state index contributed by atoms with van der Waals surface area (Å²) < 4.78 is 40.8. The molecule has 120 valence electrons. The van der Waals surface area contributed by atoms with E-state index in [1.807, 2.05) is 31.2 Å². The number of rotatable bonds is 4. The van der Waals surface area contributed by atoms with E-state index in [1.165, 1.54) is 13.0 Å². The van der Waals surface area contributed by atoms with Gasteiger partial charge < -0.3 is 0 Å². The lowest BCUT2D eigenvalue weighted by Crippen LogP contribution is -1.91. The molecule has 0 aliphatic carbocycles. The molecular weight excluding hydrogens is 321 g/mol. The molecule has 0 fully saturated rings. The van der Waals surface area contributed by atoms with Crippen LogP contribution in [0.1, 0.15) is 23.6 Å². The SMILES string of the molecule is C/C(F)=C(\C=C/Cc1ccc(C)cc1)c1cc(F)c(Cl)c(F)c1. The maximum absolute atomic E-state index is 13.7. The van der Waals surface area contributed by atoms with E-state index in [0.29, 0.717) is 6.42 Å². The minimum Gasteiger partial charge on any atom is -0.211 e. The van der Waals surface area contributed by atoms with Crippen LogP contribution in [0.5, 0.6) is 0 Å². The van der Waals surface area contributed by atoms with E-state index in [-0.39, 0.29) is 11.1 Å². The van der Waals surface area contributed by atoms with Gasteiger partial charge in [0.15, 0.2) is 0 Å². The van der Waals surface area contributed by atoms with Crippen LogP contribution in [0.3, 0.4) is 0 Å². The Morgan fingerprint density at radius 1 is 1.09 bits per heavy atom. The van der Waals surface area contributed by atoms with E-state index < -0.39 is 22.5 Å². The second kappa shape index (κ2) is 7.51. The molecule has 0 atom stereocenters. The van der Waals surface area contributed by atoms with Crippen molar-refractivity contribution in [3.8, 4) is 0 Å². The van der Waals surface area contributed by atoms with Crippen LogP contribution in [-0.4, -0.2) is 0 Å². The largest absolute Gasteiger partial charge is 0.211 e. The second-order valence-corrected chi connectivity index (χ2v) is 5.67. The van der Waals surface area contributed by atoms with Crippen LogP contribution in [0.15, 0.2) is 54.4 Å². The van der Waals surface area contributed by atoms with Gasteiger partial charge >= 0.3 is 0 Å². The fourth-order valence-corrected chi connectivity index (χ4v) is 2.27. The van der Waals surface area contributed by atoms with Gasteiger partial charge in [-0.15, -0.1) is 0 Å². The number of benzene rings is 2. The molecule has 2 aromatic rings. The zero-order chi connectivity index (χ0) is 17.0. The van der Waals surface area contributed by atoms with Crippen molar-refractivity contribution in [2.24, 2.45) is 0 Å². The minimum absolute atomic E-state index is 0.115. The van der Waals surface area contributed by atoms with Crippen LogP contribution >= 0.6 is 11.6 Å². The van der Waals surface area contributed by atoms with Gasteiger partial charge in [-0.1, -0.05) is 53.6 Å². The number of halogens is 4. The quantitative estimate of drug-likeness (QED) is 0.446. The van der Waals surface area contributed by atoms with E-state index in [4.69, 9.17) is 11.6 Å². The van der Waals surface area contributed by atoms with Gasteiger partial charge in [0.2, 0.25) is 0 Å². The minimum atomic E-state index is -0.910. The van der Waals surface area contributed by atoms with Crippen molar-refractivity contribution in [1.82, 2.24) is 0 Å². The molecule has 0 radical (unpaired) electrons.